The summed E-state index contributed by atoms with van der Waals surface area (Å²) in [6, 6.07) is 3.84. The number of carbonyl (C=O) groups is 1. The molecule has 1 atom stereocenters. The molecule has 0 aliphatic heterocycles. The van der Waals surface area contributed by atoms with Crippen molar-refractivity contribution in [2.45, 2.75) is 38.6 Å². The Morgan fingerprint density at radius 1 is 1.29 bits per heavy atom. The van der Waals surface area contributed by atoms with Gasteiger partial charge in [0.05, 0.1) is 12.6 Å². The van der Waals surface area contributed by atoms with Gasteiger partial charge in [0.2, 0.25) is 15.9 Å². The van der Waals surface area contributed by atoms with E-state index in [9.17, 15) is 13.2 Å². The third kappa shape index (κ3) is 5.34. The lowest BCUT2D eigenvalue weighted by molar-refractivity contribution is -0.117. The van der Waals surface area contributed by atoms with E-state index in [2.05, 4.69) is 5.32 Å². The van der Waals surface area contributed by atoms with E-state index in [1.807, 2.05) is 0 Å². The molecular formula is C15H26ClN3O4S. The SMILES string of the molecule is CCOc1ccc(NC(=O)[C@@H](C)N)cc1S(=O)(=O)N(CC)CC.Cl. The van der Waals surface area contributed by atoms with E-state index < -0.39 is 16.1 Å². The van der Waals surface area contributed by atoms with Gasteiger partial charge in [0, 0.05) is 18.8 Å². The van der Waals surface area contributed by atoms with Crippen LogP contribution in [0.2, 0.25) is 0 Å². The van der Waals surface area contributed by atoms with E-state index in [-0.39, 0.29) is 29.0 Å². The smallest absolute Gasteiger partial charge is 0.246 e. The van der Waals surface area contributed by atoms with Crippen molar-refractivity contribution in [1.82, 2.24) is 4.31 Å². The fourth-order valence-electron chi connectivity index (χ4n) is 2.02. The summed E-state index contributed by atoms with van der Waals surface area (Å²) in [4.78, 5) is 11.7. The molecule has 9 heteroatoms. The topological polar surface area (TPSA) is 102 Å². The normalized spacial score (nSPS) is 12.4. The maximum absolute atomic E-state index is 12.8. The van der Waals surface area contributed by atoms with Crippen molar-refractivity contribution < 1.29 is 17.9 Å². The number of nitrogens with two attached hydrogens (primary N) is 1. The summed E-state index contributed by atoms with van der Waals surface area (Å²) in [6.07, 6.45) is 0. The standard InChI is InChI=1S/C15H25N3O4S.ClH/c1-5-18(6-2)23(20,21)14-10-12(17-15(19)11(4)16)8-9-13(14)22-7-3;/h8-11H,5-7,16H2,1-4H3,(H,17,19);1H/t11-;/m1./s1. The Morgan fingerprint density at radius 2 is 1.88 bits per heavy atom. The number of hydrogen-bond acceptors (Lipinski definition) is 5. The summed E-state index contributed by atoms with van der Waals surface area (Å²) in [5, 5.41) is 2.60. The number of benzene rings is 1. The lowest BCUT2D eigenvalue weighted by Crippen LogP contribution is -2.33. The van der Waals surface area contributed by atoms with Gasteiger partial charge < -0.3 is 15.8 Å². The highest BCUT2D eigenvalue weighted by Gasteiger charge is 2.26. The minimum absolute atomic E-state index is 0. The van der Waals surface area contributed by atoms with Crippen molar-refractivity contribution >= 4 is 34.0 Å². The molecule has 0 fully saturated rings. The molecule has 138 valence electrons. The van der Waals surface area contributed by atoms with Crippen LogP contribution in [0.3, 0.4) is 0 Å². The van der Waals surface area contributed by atoms with Crippen molar-refractivity contribution in [3.63, 3.8) is 0 Å². The number of rotatable bonds is 8. The zero-order valence-corrected chi connectivity index (χ0v) is 16.0. The van der Waals surface area contributed by atoms with E-state index in [0.29, 0.717) is 25.4 Å². The number of hydrogen-bond donors (Lipinski definition) is 2. The molecule has 1 amide bonds. The number of nitrogens with one attached hydrogen (secondary N) is 1. The first-order chi connectivity index (χ1) is 10.8. The summed E-state index contributed by atoms with van der Waals surface area (Å²) in [5.74, 6) is -0.126. The van der Waals surface area contributed by atoms with Crippen LogP contribution < -0.4 is 15.8 Å². The molecule has 0 heterocycles. The highest BCUT2D eigenvalue weighted by atomic mass is 35.5. The summed E-state index contributed by atoms with van der Waals surface area (Å²) in [6.45, 7) is 7.90. The first-order valence-electron chi connectivity index (χ1n) is 7.61. The Balaban J connectivity index is 0.00000529. The van der Waals surface area contributed by atoms with Gasteiger partial charge in [-0.2, -0.15) is 4.31 Å². The first-order valence-corrected chi connectivity index (χ1v) is 9.05. The second-order valence-electron chi connectivity index (χ2n) is 4.96. The number of amides is 1. The van der Waals surface area contributed by atoms with Gasteiger partial charge in [0.25, 0.3) is 0 Å². The number of halogens is 1. The molecule has 3 N–H and O–H groups in total. The first kappa shape index (κ1) is 22.6. The highest BCUT2D eigenvalue weighted by molar-refractivity contribution is 7.89. The molecule has 24 heavy (non-hydrogen) atoms. The Labute approximate surface area is 150 Å². The average molecular weight is 380 g/mol. The molecule has 0 bridgehead atoms. The molecule has 0 unspecified atom stereocenters. The molecule has 0 spiro atoms. The molecule has 1 rings (SSSR count). The lowest BCUT2D eigenvalue weighted by atomic mass is 10.2. The number of nitrogens with zero attached hydrogens (tertiary/aromatic N) is 1. The van der Waals surface area contributed by atoms with E-state index in [1.165, 1.54) is 16.4 Å². The molecule has 0 aliphatic rings. The number of ether oxygens (including phenoxy) is 1. The highest BCUT2D eigenvalue weighted by Crippen LogP contribution is 2.30. The minimum Gasteiger partial charge on any atom is -0.492 e. The van der Waals surface area contributed by atoms with Crippen LogP contribution in [0, 0.1) is 0 Å². The summed E-state index contributed by atoms with van der Waals surface area (Å²) in [7, 11) is -3.71. The van der Waals surface area contributed by atoms with Crippen molar-refractivity contribution in [2.75, 3.05) is 25.0 Å². The zero-order chi connectivity index (χ0) is 17.6. The van der Waals surface area contributed by atoms with Crippen molar-refractivity contribution in [3.8, 4) is 5.75 Å². The Morgan fingerprint density at radius 3 is 2.33 bits per heavy atom. The van der Waals surface area contributed by atoms with Crippen LogP contribution in [0.25, 0.3) is 0 Å². The van der Waals surface area contributed by atoms with Crippen LogP contribution in [-0.4, -0.2) is 44.4 Å². The largest absolute Gasteiger partial charge is 0.492 e. The van der Waals surface area contributed by atoms with Gasteiger partial charge in [0.1, 0.15) is 10.6 Å². The van der Waals surface area contributed by atoms with Gasteiger partial charge in [-0.1, -0.05) is 13.8 Å². The monoisotopic (exact) mass is 379 g/mol. The Hall–Kier alpha value is -1.35. The fraction of sp³-hybridized carbons (Fsp3) is 0.533. The van der Waals surface area contributed by atoms with Crippen LogP contribution in [0.4, 0.5) is 5.69 Å². The van der Waals surface area contributed by atoms with E-state index in [4.69, 9.17) is 10.5 Å². The molecule has 0 aliphatic carbocycles. The third-order valence-corrected chi connectivity index (χ3v) is 5.32. The Bertz CT molecular complexity index is 646. The van der Waals surface area contributed by atoms with Crippen molar-refractivity contribution in [3.05, 3.63) is 18.2 Å². The molecular weight excluding hydrogens is 354 g/mol. The lowest BCUT2D eigenvalue weighted by Gasteiger charge is -2.21. The van der Waals surface area contributed by atoms with Gasteiger partial charge in [0.15, 0.2) is 0 Å². The predicted octanol–water partition coefficient (Wildman–Crippen LogP) is 1.82. The van der Waals surface area contributed by atoms with Crippen LogP contribution in [0.1, 0.15) is 27.7 Å². The van der Waals surface area contributed by atoms with Crippen molar-refractivity contribution in [2.24, 2.45) is 5.73 Å². The maximum Gasteiger partial charge on any atom is 0.246 e. The summed E-state index contributed by atoms with van der Waals surface area (Å²) in [5.41, 5.74) is 5.88. The maximum atomic E-state index is 12.8. The van der Waals surface area contributed by atoms with Crippen LogP contribution in [0.5, 0.6) is 5.75 Å². The van der Waals surface area contributed by atoms with Crippen LogP contribution >= 0.6 is 12.4 Å². The fourth-order valence-corrected chi connectivity index (χ4v) is 3.64. The molecule has 0 aromatic heterocycles. The van der Waals surface area contributed by atoms with Gasteiger partial charge in [-0.05, 0) is 32.0 Å². The average Bonchev–Trinajstić information content (AvgIpc) is 2.49. The van der Waals surface area contributed by atoms with Gasteiger partial charge in [-0.25, -0.2) is 8.42 Å². The summed E-state index contributed by atoms with van der Waals surface area (Å²) < 4.78 is 32.3. The molecule has 7 nitrogen and oxygen atoms in total. The van der Waals surface area contributed by atoms with Gasteiger partial charge >= 0.3 is 0 Å². The van der Waals surface area contributed by atoms with E-state index >= 15 is 0 Å². The second kappa shape index (κ2) is 9.83. The second-order valence-corrected chi connectivity index (χ2v) is 6.87. The van der Waals surface area contributed by atoms with Crippen molar-refractivity contribution in [1.29, 1.82) is 0 Å². The Kier molecular flexibility index (Phi) is 9.27. The number of anilines is 1. The molecule has 0 saturated heterocycles. The molecule has 0 saturated carbocycles. The molecule has 0 radical (unpaired) electrons. The van der Waals surface area contributed by atoms with Gasteiger partial charge in [-0.3, -0.25) is 4.79 Å². The van der Waals surface area contributed by atoms with E-state index in [0.717, 1.165) is 0 Å². The van der Waals surface area contributed by atoms with Crippen LogP contribution in [-0.2, 0) is 14.8 Å². The number of carbonyl (C=O) groups excluding carboxylic acids is 1. The quantitative estimate of drug-likeness (QED) is 0.717. The van der Waals surface area contributed by atoms with Crippen LogP contribution in [0.15, 0.2) is 23.1 Å². The van der Waals surface area contributed by atoms with Gasteiger partial charge in [-0.15, -0.1) is 12.4 Å². The molecule has 1 aromatic carbocycles. The zero-order valence-electron chi connectivity index (χ0n) is 14.4. The molecule has 1 aromatic rings. The minimum atomic E-state index is -3.71. The van der Waals surface area contributed by atoms with E-state index in [1.54, 1.807) is 33.8 Å². The number of sulfonamides is 1. The summed E-state index contributed by atoms with van der Waals surface area (Å²) >= 11 is 0. The predicted molar refractivity (Wildman–Crippen MR) is 97.2 cm³/mol. The third-order valence-electron chi connectivity index (χ3n) is 3.25.